The van der Waals surface area contributed by atoms with Crippen LogP contribution in [0.15, 0.2) is 12.3 Å². The number of nitrogens with zero attached hydrogens (tertiary/aromatic N) is 1. The number of pyridine rings is 1. The van der Waals surface area contributed by atoms with Crippen molar-refractivity contribution >= 4 is 17.4 Å². The fraction of sp³-hybridized carbons (Fsp3) is 0.667. The van der Waals surface area contributed by atoms with Crippen LogP contribution >= 0.6 is 11.6 Å². The third-order valence-electron chi connectivity index (χ3n) is 3.73. The van der Waals surface area contributed by atoms with Crippen LogP contribution in [-0.2, 0) is 5.41 Å². The molecule has 1 fully saturated rings. The molecule has 0 aliphatic heterocycles. The summed E-state index contributed by atoms with van der Waals surface area (Å²) in [6.07, 6.45) is 2.47. The summed E-state index contributed by atoms with van der Waals surface area (Å²) in [5.41, 5.74) is 0.938. The zero-order valence-corrected chi connectivity index (χ0v) is 12.9. The fourth-order valence-corrected chi connectivity index (χ4v) is 2.87. The molecule has 1 heterocycles. The third-order valence-corrected chi connectivity index (χ3v) is 4.03. The van der Waals surface area contributed by atoms with E-state index in [1.165, 1.54) is 0 Å². The molecule has 0 amide bonds. The summed E-state index contributed by atoms with van der Waals surface area (Å²) >= 11 is 6.17. The van der Waals surface area contributed by atoms with Gasteiger partial charge in [-0.3, -0.25) is 0 Å². The minimum Gasteiger partial charge on any atom is -0.367 e. The van der Waals surface area contributed by atoms with E-state index in [9.17, 15) is 8.78 Å². The Balaban J connectivity index is 2.08. The highest BCUT2D eigenvalue weighted by molar-refractivity contribution is 6.31. The molecule has 2 rings (SSSR count). The minimum absolute atomic E-state index is 0.0512. The normalized spacial score (nSPS) is 19.9. The average molecular weight is 303 g/mol. The number of nitrogens with one attached hydrogen (secondary N) is 1. The first-order valence-electron chi connectivity index (χ1n) is 6.98. The Morgan fingerprint density at radius 1 is 1.30 bits per heavy atom. The van der Waals surface area contributed by atoms with Crippen LogP contribution in [-0.4, -0.2) is 16.9 Å². The van der Waals surface area contributed by atoms with Gasteiger partial charge >= 0.3 is 0 Å². The lowest BCUT2D eigenvalue weighted by Crippen LogP contribution is -2.32. The number of aromatic nitrogens is 1. The second-order valence-corrected chi connectivity index (χ2v) is 6.98. The molecule has 0 unspecified atom stereocenters. The lowest BCUT2D eigenvalue weighted by atomic mass is 9.87. The Morgan fingerprint density at radius 2 is 1.90 bits per heavy atom. The van der Waals surface area contributed by atoms with E-state index >= 15 is 0 Å². The molecule has 5 heteroatoms. The average Bonchev–Trinajstić information content (AvgIpc) is 2.33. The van der Waals surface area contributed by atoms with Crippen LogP contribution in [0, 0.1) is 0 Å². The zero-order valence-electron chi connectivity index (χ0n) is 12.1. The van der Waals surface area contributed by atoms with Crippen molar-refractivity contribution in [3.8, 4) is 0 Å². The first-order chi connectivity index (χ1) is 9.17. The Kier molecular flexibility index (Phi) is 4.24. The van der Waals surface area contributed by atoms with E-state index in [0.717, 1.165) is 11.4 Å². The highest BCUT2D eigenvalue weighted by Gasteiger charge is 2.35. The molecule has 1 aliphatic rings. The molecule has 1 N–H and O–H groups in total. The molecule has 1 saturated carbocycles. The Hall–Kier alpha value is -0.900. The topological polar surface area (TPSA) is 24.9 Å². The van der Waals surface area contributed by atoms with E-state index in [1.54, 1.807) is 6.20 Å². The van der Waals surface area contributed by atoms with Crippen molar-refractivity contribution in [1.82, 2.24) is 4.98 Å². The molecular weight excluding hydrogens is 282 g/mol. The quantitative estimate of drug-likeness (QED) is 0.829. The molecule has 0 radical (unpaired) electrons. The molecule has 1 aromatic heterocycles. The lowest BCUT2D eigenvalue weighted by Gasteiger charge is -2.29. The van der Waals surface area contributed by atoms with Gasteiger partial charge in [0.25, 0.3) is 0 Å². The van der Waals surface area contributed by atoms with Crippen molar-refractivity contribution in [1.29, 1.82) is 0 Å². The van der Waals surface area contributed by atoms with Gasteiger partial charge < -0.3 is 5.32 Å². The Morgan fingerprint density at radius 3 is 2.45 bits per heavy atom. The van der Waals surface area contributed by atoms with Crippen LogP contribution in [0.1, 0.15) is 52.0 Å². The maximum atomic E-state index is 13.1. The van der Waals surface area contributed by atoms with E-state index in [-0.39, 0.29) is 24.3 Å². The SMILES string of the molecule is CC(C)(C)c1cc(NC2CCC(F)(F)CC2)ncc1Cl. The van der Waals surface area contributed by atoms with Gasteiger partial charge in [0.15, 0.2) is 0 Å². The molecule has 0 atom stereocenters. The van der Waals surface area contributed by atoms with Gasteiger partial charge in [-0.15, -0.1) is 0 Å². The van der Waals surface area contributed by atoms with Crippen molar-refractivity contribution in [2.45, 2.75) is 63.8 Å². The number of anilines is 1. The van der Waals surface area contributed by atoms with Crippen LogP contribution in [0.2, 0.25) is 5.02 Å². The van der Waals surface area contributed by atoms with Crippen LogP contribution in [0.3, 0.4) is 0 Å². The van der Waals surface area contributed by atoms with E-state index in [1.807, 2.05) is 6.07 Å². The van der Waals surface area contributed by atoms with Gasteiger partial charge in [-0.2, -0.15) is 0 Å². The van der Waals surface area contributed by atoms with E-state index in [4.69, 9.17) is 11.6 Å². The van der Waals surface area contributed by atoms with Crippen molar-refractivity contribution in [3.63, 3.8) is 0 Å². The highest BCUT2D eigenvalue weighted by Crippen LogP contribution is 2.35. The Bertz CT molecular complexity index is 473. The monoisotopic (exact) mass is 302 g/mol. The highest BCUT2D eigenvalue weighted by atomic mass is 35.5. The summed E-state index contributed by atoms with van der Waals surface area (Å²) in [4.78, 5) is 4.25. The van der Waals surface area contributed by atoms with Crippen molar-refractivity contribution in [2.75, 3.05) is 5.32 Å². The maximum Gasteiger partial charge on any atom is 0.248 e. The second-order valence-electron chi connectivity index (χ2n) is 6.57. The summed E-state index contributed by atoms with van der Waals surface area (Å²) in [7, 11) is 0. The molecule has 1 aliphatic carbocycles. The molecule has 0 spiro atoms. The molecule has 112 valence electrons. The standard InChI is InChI=1S/C15H21ClF2N2/c1-14(2,3)11-8-13(19-9-12(11)16)20-10-4-6-15(17,18)7-5-10/h8-10H,4-7H2,1-3H3,(H,19,20). The van der Waals surface area contributed by atoms with E-state index < -0.39 is 5.92 Å². The van der Waals surface area contributed by atoms with E-state index in [2.05, 4.69) is 31.1 Å². The number of halogens is 3. The largest absolute Gasteiger partial charge is 0.367 e. The second kappa shape index (κ2) is 5.47. The molecule has 2 nitrogen and oxygen atoms in total. The van der Waals surface area contributed by atoms with Gasteiger partial charge in [-0.1, -0.05) is 32.4 Å². The first kappa shape index (κ1) is 15.5. The predicted octanol–water partition coefficient (Wildman–Crippen LogP) is 5.02. The number of alkyl halides is 2. The molecule has 0 saturated heterocycles. The van der Waals surface area contributed by atoms with Crippen LogP contribution in [0.25, 0.3) is 0 Å². The predicted molar refractivity (Wildman–Crippen MR) is 78.8 cm³/mol. The van der Waals surface area contributed by atoms with Crippen molar-refractivity contribution in [3.05, 3.63) is 22.8 Å². The number of hydrogen-bond acceptors (Lipinski definition) is 2. The van der Waals surface area contributed by atoms with Gasteiger partial charge in [0.1, 0.15) is 5.82 Å². The van der Waals surface area contributed by atoms with Crippen LogP contribution in [0.4, 0.5) is 14.6 Å². The van der Waals surface area contributed by atoms with Gasteiger partial charge in [0, 0.05) is 25.1 Å². The number of rotatable bonds is 2. The maximum absolute atomic E-state index is 13.1. The fourth-order valence-electron chi connectivity index (χ4n) is 2.49. The van der Waals surface area contributed by atoms with Crippen molar-refractivity contribution < 1.29 is 8.78 Å². The van der Waals surface area contributed by atoms with Crippen LogP contribution < -0.4 is 5.32 Å². The smallest absolute Gasteiger partial charge is 0.248 e. The van der Waals surface area contributed by atoms with Gasteiger partial charge in [0.2, 0.25) is 5.92 Å². The van der Waals surface area contributed by atoms with Gasteiger partial charge in [-0.25, -0.2) is 13.8 Å². The molecule has 0 bridgehead atoms. The molecule has 1 aromatic rings. The summed E-state index contributed by atoms with van der Waals surface area (Å²) in [5, 5.41) is 3.89. The summed E-state index contributed by atoms with van der Waals surface area (Å²) in [6.45, 7) is 6.25. The lowest BCUT2D eigenvalue weighted by molar-refractivity contribution is -0.0361. The Labute approximate surface area is 123 Å². The van der Waals surface area contributed by atoms with Gasteiger partial charge in [-0.05, 0) is 29.9 Å². The third kappa shape index (κ3) is 3.81. The van der Waals surface area contributed by atoms with E-state index in [0.29, 0.717) is 17.9 Å². The molecule has 0 aromatic carbocycles. The van der Waals surface area contributed by atoms with Gasteiger partial charge in [0.05, 0.1) is 5.02 Å². The molecular formula is C15H21ClF2N2. The summed E-state index contributed by atoms with van der Waals surface area (Å²) < 4.78 is 26.3. The summed E-state index contributed by atoms with van der Waals surface area (Å²) in [5.74, 6) is -1.78. The zero-order chi connectivity index (χ0) is 15.0. The minimum atomic E-state index is -2.50. The first-order valence-corrected chi connectivity index (χ1v) is 7.36. The van der Waals surface area contributed by atoms with Crippen molar-refractivity contribution in [2.24, 2.45) is 0 Å². The van der Waals surface area contributed by atoms with Crippen LogP contribution in [0.5, 0.6) is 0 Å². The molecule has 20 heavy (non-hydrogen) atoms. The summed E-state index contributed by atoms with van der Waals surface area (Å²) in [6, 6.07) is 1.99. The number of hydrogen-bond donors (Lipinski definition) is 1.